The van der Waals surface area contributed by atoms with Gasteiger partial charge >= 0.3 is 5.56 Å². The number of aryl methyl sites for hydroxylation is 2. The first kappa shape index (κ1) is 19.6. The average Bonchev–Trinajstić information content (AvgIpc) is 3.02. The highest BCUT2D eigenvalue weighted by atomic mass is 19.2. The lowest BCUT2D eigenvalue weighted by Crippen LogP contribution is -2.20. The zero-order valence-corrected chi connectivity index (χ0v) is 15.8. The molecule has 2 heterocycles. The topological polar surface area (TPSA) is 73.0 Å². The molecule has 0 bridgehead atoms. The summed E-state index contributed by atoms with van der Waals surface area (Å²) in [5, 5.41) is 2.91. The van der Waals surface area contributed by atoms with E-state index in [2.05, 4.69) is 15.3 Å². The molecule has 6 nitrogen and oxygen atoms in total. The monoisotopic (exact) mass is 418 g/mol. The van der Waals surface area contributed by atoms with Crippen molar-refractivity contribution >= 4 is 22.7 Å². The van der Waals surface area contributed by atoms with Gasteiger partial charge in [-0.3, -0.25) is 4.79 Å². The molecule has 10 heteroatoms. The summed E-state index contributed by atoms with van der Waals surface area (Å²) in [6.45, 7) is 3.20. The summed E-state index contributed by atoms with van der Waals surface area (Å²) in [6.07, 6.45) is 0.850. The van der Waals surface area contributed by atoms with Crippen molar-refractivity contribution in [2.45, 2.75) is 20.4 Å². The van der Waals surface area contributed by atoms with Gasteiger partial charge in [0.05, 0.1) is 6.54 Å². The molecule has 0 amide bonds. The van der Waals surface area contributed by atoms with Crippen LogP contribution in [0.1, 0.15) is 17.0 Å². The highest BCUT2D eigenvalue weighted by molar-refractivity contribution is 5.80. The van der Waals surface area contributed by atoms with E-state index in [1.807, 2.05) is 0 Å². The number of anilines is 2. The molecule has 0 atom stereocenters. The predicted molar refractivity (Wildman–Crippen MR) is 101 cm³/mol. The average molecular weight is 418 g/mol. The lowest BCUT2D eigenvalue weighted by molar-refractivity contribution is 0.444. The number of nitrogens with zero attached hydrogens (tertiary/aromatic N) is 3. The van der Waals surface area contributed by atoms with Crippen LogP contribution in [-0.2, 0) is 6.54 Å². The summed E-state index contributed by atoms with van der Waals surface area (Å²) in [6, 6.07) is 4.96. The third-order valence-corrected chi connectivity index (χ3v) is 4.44. The molecule has 2 aromatic heterocycles. The van der Waals surface area contributed by atoms with E-state index in [1.165, 1.54) is 0 Å². The van der Waals surface area contributed by atoms with Crippen LogP contribution in [0.3, 0.4) is 0 Å². The maximum atomic E-state index is 13.9. The fourth-order valence-electron chi connectivity index (χ4n) is 3.03. The minimum atomic E-state index is -1.60. The van der Waals surface area contributed by atoms with Crippen molar-refractivity contribution < 1.29 is 22.0 Å². The van der Waals surface area contributed by atoms with Crippen LogP contribution in [0.5, 0.6) is 0 Å². The number of aromatic nitrogens is 3. The molecule has 154 valence electrons. The normalized spacial score (nSPS) is 11.3. The summed E-state index contributed by atoms with van der Waals surface area (Å²) in [5.41, 5.74) is 1.26. The molecular formula is C20H14F4N4O2. The zero-order valence-electron chi connectivity index (χ0n) is 15.8. The van der Waals surface area contributed by atoms with E-state index >= 15 is 0 Å². The Bertz CT molecular complexity index is 1320. The third kappa shape index (κ3) is 3.63. The van der Waals surface area contributed by atoms with E-state index in [1.54, 1.807) is 26.0 Å². The number of rotatable bonds is 4. The Morgan fingerprint density at radius 1 is 1.00 bits per heavy atom. The van der Waals surface area contributed by atoms with Gasteiger partial charge in [-0.2, -0.15) is 9.37 Å². The van der Waals surface area contributed by atoms with Crippen molar-refractivity contribution in [3.05, 3.63) is 81.1 Å². The Kier molecular flexibility index (Phi) is 4.76. The molecule has 0 radical (unpaired) electrons. The van der Waals surface area contributed by atoms with E-state index in [4.69, 9.17) is 4.42 Å². The van der Waals surface area contributed by atoms with Gasteiger partial charge in [0.15, 0.2) is 28.9 Å². The smallest absolute Gasteiger partial charge is 0.310 e. The first-order valence-corrected chi connectivity index (χ1v) is 8.76. The molecule has 0 saturated heterocycles. The minimum Gasteiger partial charge on any atom is -0.441 e. The molecule has 1 N–H and O–H groups in total. The van der Waals surface area contributed by atoms with Gasteiger partial charge in [0.2, 0.25) is 11.8 Å². The molecular weight excluding hydrogens is 404 g/mol. The van der Waals surface area contributed by atoms with Crippen LogP contribution in [0, 0.1) is 37.1 Å². The van der Waals surface area contributed by atoms with Crippen LogP contribution in [0.4, 0.5) is 29.2 Å². The second kappa shape index (κ2) is 7.29. The van der Waals surface area contributed by atoms with E-state index in [0.717, 1.165) is 28.5 Å². The number of hydrogen-bond acceptors (Lipinski definition) is 5. The van der Waals surface area contributed by atoms with Gasteiger partial charge in [0.1, 0.15) is 5.52 Å². The van der Waals surface area contributed by atoms with Crippen LogP contribution in [0.15, 0.2) is 39.7 Å². The van der Waals surface area contributed by atoms with Gasteiger partial charge in [-0.25, -0.2) is 18.2 Å². The quantitative estimate of drug-likeness (QED) is 0.394. The van der Waals surface area contributed by atoms with Crippen LogP contribution in [0.25, 0.3) is 11.1 Å². The highest BCUT2D eigenvalue weighted by Crippen LogP contribution is 2.26. The predicted octanol–water partition coefficient (Wildman–Crippen LogP) is 4.35. The van der Waals surface area contributed by atoms with Gasteiger partial charge in [-0.15, -0.1) is 0 Å². The van der Waals surface area contributed by atoms with Gasteiger partial charge in [0.25, 0.3) is 0 Å². The van der Waals surface area contributed by atoms with Gasteiger partial charge in [-0.05, 0) is 36.2 Å². The van der Waals surface area contributed by atoms with Crippen molar-refractivity contribution in [2.75, 3.05) is 5.32 Å². The molecule has 2 aromatic carbocycles. The van der Waals surface area contributed by atoms with Crippen LogP contribution >= 0.6 is 0 Å². The van der Waals surface area contributed by atoms with Crippen molar-refractivity contribution in [3.63, 3.8) is 0 Å². The van der Waals surface area contributed by atoms with Crippen molar-refractivity contribution in [3.8, 4) is 0 Å². The zero-order chi connectivity index (χ0) is 21.6. The Morgan fingerprint density at radius 2 is 1.70 bits per heavy atom. The number of fused-ring (bicyclic) bond motifs is 1. The summed E-state index contributed by atoms with van der Waals surface area (Å²) in [5.74, 6) is -5.12. The fourth-order valence-corrected chi connectivity index (χ4v) is 3.03. The summed E-state index contributed by atoms with van der Waals surface area (Å²) >= 11 is 0. The minimum absolute atomic E-state index is 0.0114. The largest absolute Gasteiger partial charge is 0.441 e. The van der Waals surface area contributed by atoms with E-state index in [9.17, 15) is 22.4 Å². The molecule has 4 aromatic rings. The highest BCUT2D eigenvalue weighted by Gasteiger charge is 2.15. The lowest BCUT2D eigenvalue weighted by atomic mass is 10.2. The number of halogens is 4. The summed E-state index contributed by atoms with van der Waals surface area (Å²) in [7, 11) is 0. The Morgan fingerprint density at radius 3 is 2.40 bits per heavy atom. The second-order valence-corrected chi connectivity index (χ2v) is 6.71. The van der Waals surface area contributed by atoms with Gasteiger partial charge in [-0.1, -0.05) is 0 Å². The van der Waals surface area contributed by atoms with Crippen molar-refractivity contribution in [1.29, 1.82) is 0 Å². The molecule has 0 unspecified atom stereocenters. The first-order chi connectivity index (χ1) is 14.2. The van der Waals surface area contributed by atoms with Crippen LogP contribution in [-0.4, -0.2) is 14.5 Å². The number of nitrogens with one attached hydrogen (secondary N) is 1. The Labute approximate surface area is 166 Å². The van der Waals surface area contributed by atoms with Crippen molar-refractivity contribution in [2.24, 2.45) is 0 Å². The molecule has 0 spiro atoms. The van der Waals surface area contributed by atoms with Crippen LogP contribution in [0.2, 0.25) is 0 Å². The third-order valence-electron chi connectivity index (χ3n) is 4.44. The standard InChI is InChI=1S/C20H14F4N4O2/c1-9-3-16-17(30-10(2)25-16)6-15(9)26-20-27-19(29)14(23)8-28(20)7-11-4-12(21)18(24)13(22)5-11/h3-6,8H,7H2,1-2H3,(H,26,27,29). The van der Waals surface area contributed by atoms with E-state index in [0.29, 0.717) is 22.7 Å². The molecule has 4 rings (SSSR count). The molecule has 0 fully saturated rings. The Balaban J connectivity index is 1.76. The van der Waals surface area contributed by atoms with E-state index in [-0.39, 0.29) is 18.1 Å². The number of benzene rings is 2. The molecule has 0 saturated carbocycles. The molecule has 0 aliphatic heterocycles. The molecule has 0 aliphatic carbocycles. The summed E-state index contributed by atoms with van der Waals surface area (Å²) < 4.78 is 60.8. The molecule has 0 aliphatic rings. The van der Waals surface area contributed by atoms with Gasteiger partial charge in [0, 0.05) is 24.9 Å². The maximum absolute atomic E-state index is 13.9. The summed E-state index contributed by atoms with van der Waals surface area (Å²) in [4.78, 5) is 19.6. The second-order valence-electron chi connectivity index (χ2n) is 6.71. The maximum Gasteiger partial charge on any atom is 0.310 e. The Hall–Kier alpha value is -3.69. The SMILES string of the molecule is Cc1nc2cc(C)c(Nc3nc(=O)c(F)cn3Cc3cc(F)c(F)c(F)c3)cc2o1. The van der Waals surface area contributed by atoms with Crippen molar-refractivity contribution in [1.82, 2.24) is 14.5 Å². The van der Waals surface area contributed by atoms with Crippen LogP contribution < -0.4 is 10.9 Å². The first-order valence-electron chi connectivity index (χ1n) is 8.76. The lowest BCUT2D eigenvalue weighted by Gasteiger charge is -2.15. The molecule has 30 heavy (non-hydrogen) atoms. The van der Waals surface area contributed by atoms with E-state index < -0.39 is 28.8 Å². The van der Waals surface area contributed by atoms with Gasteiger partial charge < -0.3 is 14.3 Å². The number of hydrogen-bond donors (Lipinski definition) is 1. The fraction of sp³-hybridized carbons (Fsp3) is 0.150. The number of oxazole rings is 1.